The minimum Gasteiger partial charge on any atom is -0.378 e. The molecule has 0 aromatic heterocycles. The fourth-order valence-corrected chi connectivity index (χ4v) is 2.62. The number of nitrogens with one attached hydrogen (secondary N) is 1. The van der Waals surface area contributed by atoms with E-state index in [1.54, 1.807) is 0 Å². The summed E-state index contributed by atoms with van der Waals surface area (Å²) in [6.07, 6.45) is 7.66. The largest absolute Gasteiger partial charge is 0.378 e. The van der Waals surface area contributed by atoms with Crippen LogP contribution < -0.4 is 5.32 Å². The Kier molecular flexibility index (Phi) is 6.40. The molecule has 0 amide bonds. The average molecular weight is 283 g/mol. The Morgan fingerprint density at radius 3 is 2.45 bits per heavy atom. The molecule has 1 aliphatic carbocycles. The van der Waals surface area contributed by atoms with Crippen molar-refractivity contribution in [2.24, 2.45) is 0 Å². The summed E-state index contributed by atoms with van der Waals surface area (Å²) < 4.78 is 31.8. The first-order valence-electron chi connectivity index (χ1n) is 7.51. The van der Waals surface area contributed by atoms with Crippen LogP contribution in [0.4, 0.5) is 8.78 Å². The average Bonchev–Trinajstić information content (AvgIpc) is 2.43. The lowest BCUT2D eigenvalue weighted by Gasteiger charge is -2.21. The summed E-state index contributed by atoms with van der Waals surface area (Å²) >= 11 is 0. The van der Waals surface area contributed by atoms with Crippen molar-refractivity contribution >= 4 is 0 Å². The van der Waals surface area contributed by atoms with Gasteiger partial charge in [0.2, 0.25) is 0 Å². The van der Waals surface area contributed by atoms with Crippen LogP contribution in [0.1, 0.15) is 44.1 Å². The molecule has 0 radical (unpaired) electrons. The standard InChI is InChI=1S/C16H23F2NO/c17-14-9-13(10-15(18)11-14)12-19-7-4-8-20-16-5-2-1-3-6-16/h9-11,16,19H,1-8,12H2. The van der Waals surface area contributed by atoms with Gasteiger partial charge in [-0.15, -0.1) is 0 Å². The van der Waals surface area contributed by atoms with Crippen LogP contribution in [-0.2, 0) is 11.3 Å². The van der Waals surface area contributed by atoms with Gasteiger partial charge in [0.1, 0.15) is 11.6 Å². The van der Waals surface area contributed by atoms with Crippen molar-refractivity contribution in [2.45, 2.75) is 51.2 Å². The molecule has 0 saturated heterocycles. The first-order valence-corrected chi connectivity index (χ1v) is 7.51. The highest BCUT2D eigenvalue weighted by Gasteiger charge is 2.12. The molecule has 20 heavy (non-hydrogen) atoms. The SMILES string of the molecule is Fc1cc(F)cc(CNCCCOC2CCCCC2)c1. The maximum Gasteiger partial charge on any atom is 0.126 e. The van der Waals surface area contributed by atoms with E-state index in [1.807, 2.05) is 0 Å². The lowest BCUT2D eigenvalue weighted by molar-refractivity contribution is 0.0273. The molecule has 0 spiro atoms. The topological polar surface area (TPSA) is 21.3 Å². The maximum atomic E-state index is 13.0. The van der Waals surface area contributed by atoms with Crippen LogP contribution in [0.5, 0.6) is 0 Å². The molecular formula is C16H23F2NO. The van der Waals surface area contributed by atoms with E-state index in [1.165, 1.54) is 44.2 Å². The van der Waals surface area contributed by atoms with Gasteiger partial charge < -0.3 is 10.1 Å². The Bertz CT molecular complexity index is 385. The Labute approximate surface area is 119 Å². The Balaban J connectivity index is 1.54. The third-order valence-electron chi connectivity index (χ3n) is 3.66. The highest BCUT2D eigenvalue weighted by atomic mass is 19.1. The van der Waals surface area contributed by atoms with Crippen LogP contribution in [0.25, 0.3) is 0 Å². The molecule has 0 unspecified atom stereocenters. The van der Waals surface area contributed by atoms with Gasteiger partial charge in [0.15, 0.2) is 0 Å². The lowest BCUT2D eigenvalue weighted by atomic mass is 9.98. The monoisotopic (exact) mass is 283 g/mol. The predicted octanol–water partition coefficient (Wildman–Crippen LogP) is 3.79. The number of ether oxygens (including phenoxy) is 1. The zero-order valence-corrected chi connectivity index (χ0v) is 11.8. The smallest absolute Gasteiger partial charge is 0.126 e. The van der Waals surface area contributed by atoms with E-state index in [2.05, 4.69) is 5.32 Å². The van der Waals surface area contributed by atoms with E-state index in [0.717, 1.165) is 25.6 Å². The Morgan fingerprint density at radius 1 is 1.05 bits per heavy atom. The Hall–Kier alpha value is -1.00. The molecule has 1 aliphatic rings. The van der Waals surface area contributed by atoms with Gasteiger partial charge in [0, 0.05) is 19.2 Å². The highest BCUT2D eigenvalue weighted by molar-refractivity contribution is 5.17. The van der Waals surface area contributed by atoms with Gasteiger partial charge in [-0.1, -0.05) is 19.3 Å². The maximum absolute atomic E-state index is 13.0. The molecule has 1 fully saturated rings. The summed E-state index contributed by atoms with van der Waals surface area (Å²) in [5, 5.41) is 3.18. The van der Waals surface area contributed by atoms with Crippen molar-refractivity contribution in [2.75, 3.05) is 13.2 Å². The summed E-state index contributed by atoms with van der Waals surface area (Å²) in [4.78, 5) is 0. The minimum atomic E-state index is -0.526. The van der Waals surface area contributed by atoms with Gasteiger partial charge >= 0.3 is 0 Å². The van der Waals surface area contributed by atoms with Crippen LogP contribution in [0, 0.1) is 11.6 Å². The van der Waals surface area contributed by atoms with Crippen molar-refractivity contribution in [3.63, 3.8) is 0 Å². The molecule has 1 saturated carbocycles. The normalized spacial score (nSPS) is 16.5. The second kappa shape index (κ2) is 8.32. The number of halogens is 2. The van der Waals surface area contributed by atoms with Crippen LogP contribution in [-0.4, -0.2) is 19.3 Å². The molecule has 112 valence electrons. The first-order chi connectivity index (χ1) is 9.74. The van der Waals surface area contributed by atoms with Crippen molar-refractivity contribution < 1.29 is 13.5 Å². The van der Waals surface area contributed by atoms with Crippen molar-refractivity contribution in [3.8, 4) is 0 Å². The minimum absolute atomic E-state index is 0.445. The summed E-state index contributed by atoms with van der Waals surface area (Å²) in [7, 11) is 0. The van der Waals surface area contributed by atoms with Crippen LogP contribution >= 0.6 is 0 Å². The zero-order valence-electron chi connectivity index (χ0n) is 11.8. The quantitative estimate of drug-likeness (QED) is 0.769. The van der Waals surface area contributed by atoms with Gasteiger partial charge in [0.05, 0.1) is 6.10 Å². The third kappa shape index (κ3) is 5.55. The van der Waals surface area contributed by atoms with Crippen molar-refractivity contribution in [1.29, 1.82) is 0 Å². The number of hydrogen-bond donors (Lipinski definition) is 1. The molecular weight excluding hydrogens is 260 g/mol. The molecule has 0 heterocycles. The fraction of sp³-hybridized carbons (Fsp3) is 0.625. The molecule has 2 nitrogen and oxygen atoms in total. The lowest BCUT2D eigenvalue weighted by Crippen LogP contribution is -2.20. The zero-order chi connectivity index (χ0) is 14.2. The molecule has 1 aromatic rings. The molecule has 1 aromatic carbocycles. The molecule has 2 rings (SSSR count). The van der Waals surface area contributed by atoms with E-state index in [9.17, 15) is 8.78 Å². The second-order valence-electron chi connectivity index (χ2n) is 5.44. The van der Waals surface area contributed by atoms with Gasteiger partial charge in [-0.25, -0.2) is 8.78 Å². The molecule has 0 aliphatic heterocycles. The first kappa shape index (κ1) is 15.4. The van der Waals surface area contributed by atoms with Crippen LogP contribution in [0.3, 0.4) is 0 Å². The third-order valence-corrected chi connectivity index (χ3v) is 3.66. The van der Waals surface area contributed by atoms with Crippen LogP contribution in [0.15, 0.2) is 18.2 Å². The molecule has 0 bridgehead atoms. The molecule has 4 heteroatoms. The summed E-state index contributed by atoms with van der Waals surface area (Å²) in [5.41, 5.74) is 0.635. The van der Waals surface area contributed by atoms with E-state index in [0.29, 0.717) is 18.2 Å². The number of hydrogen-bond acceptors (Lipinski definition) is 2. The fourth-order valence-electron chi connectivity index (χ4n) is 2.62. The van der Waals surface area contributed by atoms with E-state index in [4.69, 9.17) is 4.74 Å². The van der Waals surface area contributed by atoms with Gasteiger partial charge in [-0.3, -0.25) is 0 Å². The van der Waals surface area contributed by atoms with E-state index in [-0.39, 0.29) is 0 Å². The summed E-state index contributed by atoms with van der Waals surface area (Å²) in [6, 6.07) is 3.60. The Morgan fingerprint density at radius 2 is 1.75 bits per heavy atom. The van der Waals surface area contributed by atoms with Crippen molar-refractivity contribution in [1.82, 2.24) is 5.32 Å². The number of rotatable bonds is 7. The number of benzene rings is 1. The second-order valence-corrected chi connectivity index (χ2v) is 5.44. The molecule has 1 N–H and O–H groups in total. The van der Waals surface area contributed by atoms with E-state index >= 15 is 0 Å². The van der Waals surface area contributed by atoms with Gasteiger partial charge in [-0.2, -0.15) is 0 Å². The van der Waals surface area contributed by atoms with E-state index < -0.39 is 11.6 Å². The van der Waals surface area contributed by atoms with Crippen molar-refractivity contribution in [3.05, 3.63) is 35.4 Å². The summed E-state index contributed by atoms with van der Waals surface area (Å²) in [5.74, 6) is -1.05. The predicted molar refractivity (Wildman–Crippen MR) is 75.5 cm³/mol. The highest BCUT2D eigenvalue weighted by Crippen LogP contribution is 2.20. The van der Waals surface area contributed by atoms with Gasteiger partial charge in [-0.05, 0) is 43.5 Å². The van der Waals surface area contributed by atoms with Gasteiger partial charge in [0.25, 0.3) is 0 Å². The van der Waals surface area contributed by atoms with Crippen LogP contribution in [0.2, 0.25) is 0 Å². The molecule has 0 atom stereocenters. The summed E-state index contributed by atoms with van der Waals surface area (Å²) in [6.45, 7) is 2.04.